The van der Waals surface area contributed by atoms with Gasteiger partial charge >= 0.3 is 0 Å². The van der Waals surface area contributed by atoms with E-state index in [1.807, 2.05) is 0 Å². The molecule has 2 heteroatoms. The Morgan fingerprint density at radius 2 is 1.50 bits per heavy atom. The van der Waals surface area contributed by atoms with Gasteiger partial charge in [0.2, 0.25) is 0 Å². The second kappa shape index (κ2) is 12.0. The molecule has 0 amide bonds. The summed E-state index contributed by atoms with van der Waals surface area (Å²) in [6.07, 6.45) is 20.7. The Hall–Kier alpha value is -0.550. The minimum atomic E-state index is -0.0374. The van der Waals surface area contributed by atoms with Gasteiger partial charge in [-0.25, -0.2) is 0 Å². The molecule has 0 spiro atoms. The van der Waals surface area contributed by atoms with Gasteiger partial charge in [-0.1, -0.05) is 71.6 Å². The van der Waals surface area contributed by atoms with Crippen LogP contribution in [0.3, 0.4) is 0 Å². The smallest absolute Gasteiger partial charge is 0.0689 e. The summed E-state index contributed by atoms with van der Waals surface area (Å²) in [5.74, 6) is 1.78. The highest BCUT2D eigenvalue weighted by atomic mass is 16.5. The molecule has 150 valence electrons. The van der Waals surface area contributed by atoms with Crippen molar-refractivity contribution in [2.75, 3.05) is 6.61 Å². The number of hydrogen-bond donors (Lipinski definition) is 0. The first-order valence-electron chi connectivity index (χ1n) is 11.7. The molecule has 0 aromatic heterocycles. The molecule has 0 unspecified atom stereocenters. The van der Waals surface area contributed by atoms with Gasteiger partial charge in [0.15, 0.2) is 0 Å². The maximum atomic E-state index is 9.74. The van der Waals surface area contributed by atoms with E-state index in [9.17, 15) is 5.26 Å². The van der Waals surface area contributed by atoms with Crippen LogP contribution in [0.2, 0.25) is 0 Å². The van der Waals surface area contributed by atoms with E-state index >= 15 is 0 Å². The number of nitriles is 1. The molecule has 2 saturated carbocycles. The SMILES string of the molecule is CCCCCCCC1(C#N)CCC(OCC2CCC(CCC)CC2)CC1. The lowest BCUT2D eigenvalue weighted by atomic mass is 9.71. The zero-order chi connectivity index (χ0) is 18.7. The van der Waals surface area contributed by atoms with E-state index in [0.29, 0.717) is 6.10 Å². The van der Waals surface area contributed by atoms with Crippen LogP contribution < -0.4 is 0 Å². The second-order valence-electron chi connectivity index (χ2n) is 9.26. The third-order valence-corrected chi connectivity index (χ3v) is 7.12. The van der Waals surface area contributed by atoms with Gasteiger partial charge in [0.05, 0.1) is 17.6 Å². The first-order chi connectivity index (χ1) is 12.7. The molecular formula is C24H43NO. The van der Waals surface area contributed by atoms with Crippen LogP contribution in [0.5, 0.6) is 0 Å². The molecule has 2 rings (SSSR count). The topological polar surface area (TPSA) is 33.0 Å². The van der Waals surface area contributed by atoms with Gasteiger partial charge in [0.1, 0.15) is 0 Å². The molecular weight excluding hydrogens is 318 g/mol. The summed E-state index contributed by atoms with van der Waals surface area (Å²) in [5, 5.41) is 9.74. The first kappa shape index (κ1) is 21.7. The van der Waals surface area contributed by atoms with Crippen molar-refractivity contribution in [3.05, 3.63) is 0 Å². The van der Waals surface area contributed by atoms with E-state index in [0.717, 1.165) is 50.5 Å². The van der Waals surface area contributed by atoms with Gasteiger partial charge in [-0.2, -0.15) is 5.26 Å². The number of unbranched alkanes of at least 4 members (excludes halogenated alkanes) is 4. The number of rotatable bonds is 11. The maximum absolute atomic E-state index is 9.74. The first-order valence-corrected chi connectivity index (χ1v) is 11.7. The average Bonchev–Trinajstić information content (AvgIpc) is 2.68. The van der Waals surface area contributed by atoms with E-state index in [1.54, 1.807) is 0 Å². The van der Waals surface area contributed by atoms with Gasteiger partial charge in [0, 0.05) is 6.61 Å². The van der Waals surface area contributed by atoms with Crippen LogP contribution in [0.25, 0.3) is 0 Å². The van der Waals surface area contributed by atoms with Crippen molar-refractivity contribution in [2.45, 2.75) is 123 Å². The Kier molecular flexibility index (Phi) is 10.1. The van der Waals surface area contributed by atoms with Crippen molar-refractivity contribution >= 4 is 0 Å². The fourth-order valence-electron chi connectivity index (χ4n) is 5.16. The molecule has 2 fully saturated rings. The largest absolute Gasteiger partial charge is 0.378 e. The fraction of sp³-hybridized carbons (Fsp3) is 0.958. The summed E-state index contributed by atoms with van der Waals surface area (Å²) < 4.78 is 6.30. The van der Waals surface area contributed by atoms with Gasteiger partial charge in [-0.15, -0.1) is 0 Å². The highest BCUT2D eigenvalue weighted by molar-refractivity contribution is 5.01. The van der Waals surface area contributed by atoms with Crippen LogP contribution in [0.1, 0.15) is 117 Å². The lowest BCUT2D eigenvalue weighted by Gasteiger charge is -2.36. The van der Waals surface area contributed by atoms with Crippen LogP contribution in [0.15, 0.2) is 0 Å². The third kappa shape index (κ3) is 7.22. The molecule has 2 nitrogen and oxygen atoms in total. The van der Waals surface area contributed by atoms with Crippen LogP contribution in [-0.2, 0) is 4.74 Å². The molecule has 26 heavy (non-hydrogen) atoms. The minimum Gasteiger partial charge on any atom is -0.378 e. The molecule has 2 aliphatic rings. The standard InChI is InChI=1S/C24H43NO/c1-3-5-6-7-8-16-24(20-25)17-14-23(15-18-24)26-19-22-12-10-21(9-4-2)11-13-22/h21-23H,3-19H2,1-2H3. The van der Waals surface area contributed by atoms with Crippen molar-refractivity contribution in [1.29, 1.82) is 5.26 Å². The van der Waals surface area contributed by atoms with Crippen LogP contribution in [-0.4, -0.2) is 12.7 Å². The van der Waals surface area contributed by atoms with E-state index in [4.69, 9.17) is 4.74 Å². The van der Waals surface area contributed by atoms with Crippen molar-refractivity contribution in [1.82, 2.24) is 0 Å². The second-order valence-corrected chi connectivity index (χ2v) is 9.26. The van der Waals surface area contributed by atoms with Crippen LogP contribution in [0.4, 0.5) is 0 Å². The number of nitrogens with zero attached hydrogens (tertiary/aromatic N) is 1. The highest BCUT2D eigenvalue weighted by Gasteiger charge is 2.35. The monoisotopic (exact) mass is 361 g/mol. The lowest BCUT2D eigenvalue weighted by Crippen LogP contribution is -2.31. The molecule has 0 bridgehead atoms. The molecule has 2 aliphatic carbocycles. The zero-order valence-electron chi connectivity index (χ0n) is 17.6. The highest BCUT2D eigenvalue weighted by Crippen LogP contribution is 2.41. The zero-order valence-corrected chi connectivity index (χ0v) is 17.6. The predicted molar refractivity (Wildman–Crippen MR) is 110 cm³/mol. The van der Waals surface area contributed by atoms with Crippen molar-refractivity contribution in [3.63, 3.8) is 0 Å². The Bertz CT molecular complexity index is 397. The van der Waals surface area contributed by atoms with Crippen molar-refractivity contribution in [3.8, 4) is 6.07 Å². The summed E-state index contributed by atoms with van der Waals surface area (Å²) in [6, 6.07) is 2.70. The maximum Gasteiger partial charge on any atom is 0.0689 e. The van der Waals surface area contributed by atoms with E-state index in [2.05, 4.69) is 19.9 Å². The van der Waals surface area contributed by atoms with E-state index in [1.165, 1.54) is 70.6 Å². The van der Waals surface area contributed by atoms with E-state index in [-0.39, 0.29) is 5.41 Å². The molecule has 0 aromatic carbocycles. The van der Waals surface area contributed by atoms with Crippen LogP contribution >= 0.6 is 0 Å². The molecule has 0 atom stereocenters. The summed E-state index contributed by atoms with van der Waals surface area (Å²) in [4.78, 5) is 0. The fourth-order valence-corrected chi connectivity index (χ4v) is 5.16. The normalized spacial score (nSPS) is 32.3. The molecule has 0 heterocycles. The number of ether oxygens (including phenoxy) is 1. The Balaban J connectivity index is 1.61. The number of hydrogen-bond acceptors (Lipinski definition) is 2. The van der Waals surface area contributed by atoms with Gasteiger partial charge in [0.25, 0.3) is 0 Å². The van der Waals surface area contributed by atoms with Gasteiger partial charge in [-0.3, -0.25) is 0 Å². The molecule has 0 saturated heterocycles. The van der Waals surface area contributed by atoms with Gasteiger partial charge < -0.3 is 4.74 Å². The van der Waals surface area contributed by atoms with Crippen molar-refractivity contribution < 1.29 is 4.74 Å². The van der Waals surface area contributed by atoms with Crippen LogP contribution in [0, 0.1) is 28.6 Å². The summed E-state index contributed by atoms with van der Waals surface area (Å²) in [6.45, 7) is 5.54. The average molecular weight is 362 g/mol. The predicted octanol–water partition coefficient (Wildman–Crippen LogP) is 7.42. The van der Waals surface area contributed by atoms with Crippen molar-refractivity contribution in [2.24, 2.45) is 17.3 Å². The molecule has 0 aromatic rings. The summed E-state index contributed by atoms with van der Waals surface area (Å²) in [5.41, 5.74) is -0.0374. The Morgan fingerprint density at radius 1 is 0.846 bits per heavy atom. The molecule has 0 N–H and O–H groups in total. The summed E-state index contributed by atoms with van der Waals surface area (Å²) in [7, 11) is 0. The minimum absolute atomic E-state index is 0.0374. The third-order valence-electron chi connectivity index (χ3n) is 7.12. The molecule has 0 aliphatic heterocycles. The quantitative estimate of drug-likeness (QED) is 0.359. The lowest BCUT2D eigenvalue weighted by molar-refractivity contribution is -0.0184. The molecule has 0 radical (unpaired) electrons. The Labute approximate surface area is 163 Å². The van der Waals surface area contributed by atoms with E-state index < -0.39 is 0 Å². The Morgan fingerprint density at radius 3 is 2.12 bits per heavy atom. The van der Waals surface area contributed by atoms with Gasteiger partial charge in [-0.05, 0) is 56.8 Å². The summed E-state index contributed by atoms with van der Waals surface area (Å²) >= 11 is 0.